The van der Waals surface area contributed by atoms with E-state index in [2.05, 4.69) is 0 Å². The maximum absolute atomic E-state index is 13.1. The van der Waals surface area contributed by atoms with Crippen LogP contribution < -0.4 is 5.43 Å². The fourth-order valence-electron chi connectivity index (χ4n) is 4.30. The van der Waals surface area contributed by atoms with Gasteiger partial charge in [-0.2, -0.15) is 0 Å². The summed E-state index contributed by atoms with van der Waals surface area (Å²) >= 11 is 0. The molecule has 2 aromatic rings. The molecular formula is C24H28O5. The minimum absolute atomic E-state index is 0.145. The summed E-state index contributed by atoms with van der Waals surface area (Å²) in [7, 11) is 3.23. The number of ketones is 1. The van der Waals surface area contributed by atoms with Crippen LogP contribution in [0.4, 0.5) is 0 Å². The highest BCUT2D eigenvalue weighted by Crippen LogP contribution is 2.47. The zero-order valence-electron chi connectivity index (χ0n) is 17.8. The molecule has 0 aliphatic heterocycles. The molecular weight excluding hydrogens is 368 g/mol. The van der Waals surface area contributed by atoms with Gasteiger partial charge in [-0.15, -0.1) is 0 Å². The van der Waals surface area contributed by atoms with Gasteiger partial charge in [-0.1, -0.05) is 45.0 Å². The average molecular weight is 396 g/mol. The molecule has 1 aliphatic carbocycles. The molecule has 0 unspecified atom stereocenters. The van der Waals surface area contributed by atoms with Crippen LogP contribution in [0.15, 0.2) is 50.9 Å². The molecule has 0 N–H and O–H groups in total. The third-order valence-electron chi connectivity index (χ3n) is 5.91. The molecule has 1 heterocycles. The summed E-state index contributed by atoms with van der Waals surface area (Å²) in [4.78, 5) is 26.2. The Morgan fingerprint density at radius 2 is 1.66 bits per heavy atom. The Morgan fingerprint density at radius 3 is 2.17 bits per heavy atom. The summed E-state index contributed by atoms with van der Waals surface area (Å²) in [5.41, 5.74) is 1.58. The van der Waals surface area contributed by atoms with E-state index in [0.717, 1.165) is 11.1 Å². The fraction of sp³-hybridized carbons (Fsp3) is 0.417. The fourth-order valence-corrected chi connectivity index (χ4v) is 4.30. The molecule has 0 saturated heterocycles. The third kappa shape index (κ3) is 3.33. The smallest absolute Gasteiger partial charge is 0.199 e. The highest BCUT2D eigenvalue weighted by atomic mass is 16.5. The molecule has 1 aromatic heterocycles. The highest BCUT2D eigenvalue weighted by molar-refractivity contribution is 6.11. The number of carbonyl (C=O) groups excluding carboxylic acids is 1. The topological polar surface area (TPSA) is 65.7 Å². The number of fused-ring (bicyclic) bond motifs is 1. The van der Waals surface area contributed by atoms with Gasteiger partial charge in [0.1, 0.15) is 22.8 Å². The molecule has 5 heteroatoms. The minimum atomic E-state index is -0.630. The molecule has 0 atom stereocenters. The normalized spacial score (nSPS) is 15.4. The van der Waals surface area contributed by atoms with Gasteiger partial charge in [-0.05, 0) is 24.8 Å². The molecule has 0 spiro atoms. The average Bonchev–Trinajstić information content (AvgIpc) is 2.74. The maximum atomic E-state index is 13.1. The standard InChI is InChI=1S/C24H28O5/c1-6-17-21(26)20-18(25)13-19(16-11-9-15(10-12-16)14-27-4)29-23(20)24(7-2,8-3)22(17)28-5/h9-13H,6-8,14H2,1-5H3. The van der Waals surface area contributed by atoms with Crippen molar-refractivity contribution in [1.82, 2.24) is 0 Å². The molecule has 0 bridgehead atoms. The zero-order valence-corrected chi connectivity index (χ0v) is 17.8. The first-order valence-corrected chi connectivity index (χ1v) is 10.1. The van der Waals surface area contributed by atoms with Gasteiger partial charge in [-0.3, -0.25) is 9.59 Å². The Morgan fingerprint density at radius 1 is 1.00 bits per heavy atom. The SMILES string of the molecule is CCC1=C(OC)C(CC)(CC)c2oc(-c3ccc(COC)cc3)cc(=O)c2C1=O. The lowest BCUT2D eigenvalue weighted by atomic mass is 9.69. The lowest BCUT2D eigenvalue weighted by molar-refractivity contribution is 0.0975. The Bertz CT molecular complexity index is 991. The van der Waals surface area contributed by atoms with Crippen molar-refractivity contribution in [2.24, 2.45) is 0 Å². The van der Waals surface area contributed by atoms with Crippen molar-refractivity contribution in [1.29, 1.82) is 0 Å². The van der Waals surface area contributed by atoms with Gasteiger partial charge >= 0.3 is 0 Å². The van der Waals surface area contributed by atoms with Crippen LogP contribution in [0.25, 0.3) is 11.3 Å². The summed E-state index contributed by atoms with van der Waals surface area (Å²) in [5.74, 6) is 1.21. The van der Waals surface area contributed by atoms with Crippen LogP contribution in [0, 0.1) is 0 Å². The lowest BCUT2D eigenvalue weighted by Crippen LogP contribution is -2.39. The van der Waals surface area contributed by atoms with Crippen LogP contribution in [0.3, 0.4) is 0 Å². The number of rotatable bonds is 7. The van der Waals surface area contributed by atoms with E-state index >= 15 is 0 Å². The number of hydrogen-bond donors (Lipinski definition) is 0. The minimum Gasteiger partial charge on any atom is -0.500 e. The number of ether oxygens (including phenoxy) is 2. The van der Waals surface area contributed by atoms with E-state index in [-0.39, 0.29) is 16.8 Å². The molecule has 0 radical (unpaired) electrons. The monoisotopic (exact) mass is 396 g/mol. The first-order valence-electron chi connectivity index (χ1n) is 10.1. The number of carbonyl (C=O) groups is 1. The lowest BCUT2D eigenvalue weighted by Gasteiger charge is -2.37. The molecule has 154 valence electrons. The summed E-state index contributed by atoms with van der Waals surface area (Å²) in [6, 6.07) is 9.09. The third-order valence-corrected chi connectivity index (χ3v) is 5.91. The molecule has 1 aromatic carbocycles. The molecule has 3 rings (SSSR count). The van der Waals surface area contributed by atoms with Crippen molar-refractivity contribution >= 4 is 5.78 Å². The van der Waals surface area contributed by atoms with E-state index in [1.165, 1.54) is 6.07 Å². The second-order valence-corrected chi connectivity index (χ2v) is 7.29. The number of methoxy groups -OCH3 is 2. The van der Waals surface area contributed by atoms with E-state index in [4.69, 9.17) is 13.9 Å². The second kappa shape index (κ2) is 8.37. The maximum Gasteiger partial charge on any atom is 0.199 e. The Labute approximate surface area is 171 Å². The van der Waals surface area contributed by atoms with Crippen molar-refractivity contribution in [3.8, 4) is 11.3 Å². The first kappa shape index (κ1) is 21.1. The van der Waals surface area contributed by atoms with Crippen LogP contribution >= 0.6 is 0 Å². The van der Waals surface area contributed by atoms with E-state index in [9.17, 15) is 9.59 Å². The first-order chi connectivity index (χ1) is 14.0. The van der Waals surface area contributed by atoms with Crippen molar-refractivity contribution in [3.05, 3.63) is 68.8 Å². The van der Waals surface area contributed by atoms with Crippen molar-refractivity contribution in [2.45, 2.75) is 52.1 Å². The predicted octanol–water partition coefficient (Wildman–Crippen LogP) is 5.02. The molecule has 5 nitrogen and oxygen atoms in total. The van der Waals surface area contributed by atoms with Crippen LogP contribution in [-0.4, -0.2) is 20.0 Å². The second-order valence-electron chi connectivity index (χ2n) is 7.29. The molecule has 1 aliphatic rings. The van der Waals surface area contributed by atoms with Crippen LogP contribution in [0.5, 0.6) is 0 Å². The van der Waals surface area contributed by atoms with Gasteiger partial charge in [0.05, 0.1) is 19.1 Å². The summed E-state index contributed by atoms with van der Waals surface area (Å²) < 4.78 is 17.2. The largest absolute Gasteiger partial charge is 0.500 e. The quantitative estimate of drug-likeness (QED) is 0.658. The summed E-state index contributed by atoms with van der Waals surface area (Å²) in [5, 5.41) is 0. The Hall–Kier alpha value is -2.66. The van der Waals surface area contributed by atoms with Crippen molar-refractivity contribution in [2.75, 3.05) is 14.2 Å². The van der Waals surface area contributed by atoms with Crippen molar-refractivity contribution in [3.63, 3.8) is 0 Å². The Kier molecular flexibility index (Phi) is 6.08. The van der Waals surface area contributed by atoms with Gasteiger partial charge in [-0.25, -0.2) is 0 Å². The summed E-state index contributed by atoms with van der Waals surface area (Å²) in [6.45, 7) is 6.48. The van der Waals surface area contributed by atoms with Crippen LogP contribution in [0.1, 0.15) is 61.7 Å². The number of allylic oxidation sites excluding steroid dienone is 2. The van der Waals surface area contributed by atoms with Crippen LogP contribution in [-0.2, 0) is 21.5 Å². The van der Waals surface area contributed by atoms with E-state index in [0.29, 0.717) is 48.7 Å². The number of Topliss-reactive ketones (excluding diaryl/α,β-unsaturated/α-hetero) is 1. The Balaban J connectivity index is 2.25. The number of benzene rings is 1. The van der Waals surface area contributed by atoms with Gasteiger partial charge in [0.2, 0.25) is 0 Å². The summed E-state index contributed by atoms with van der Waals surface area (Å²) in [6.07, 6.45) is 1.83. The van der Waals surface area contributed by atoms with E-state index < -0.39 is 5.41 Å². The zero-order chi connectivity index (χ0) is 21.2. The van der Waals surface area contributed by atoms with E-state index in [1.54, 1.807) is 14.2 Å². The highest BCUT2D eigenvalue weighted by Gasteiger charge is 2.47. The molecule has 0 saturated carbocycles. The van der Waals surface area contributed by atoms with E-state index in [1.807, 2.05) is 45.0 Å². The van der Waals surface area contributed by atoms with Gasteiger partial charge in [0.15, 0.2) is 11.2 Å². The molecule has 29 heavy (non-hydrogen) atoms. The van der Waals surface area contributed by atoms with Crippen LogP contribution in [0.2, 0.25) is 0 Å². The van der Waals surface area contributed by atoms with Gasteiger partial charge < -0.3 is 13.9 Å². The number of hydrogen-bond acceptors (Lipinski definition) is 5. The van der Waals surface area contributed by atoms with Gasteiger partial charge in [0, 0.05) is 24.3 Å². The van der Waals surface area contributed by atoms with Crippen molar-refractivity contribution < 1.29 is 18.7 Å². The molecule has 0 fully saturated rings. The molecule has 0 amide bonds. The van der Waals surface area contributed by atoms with Gasteiger partial charge in [0.25, 0.3) is 0 Å². The predicted molar refractivity (Wildman–Crippen MR) is 112 cm³/mol.